The van der Waals surface area contributed by atoms with E-state index in [0.29, 0.717) is 0 Å². The maximum absolute atomic E-state index is 10.1. The van der Waals surface area contributed by atoms with Crippen molar-refractivity contribution in [3.05, 3.63) is 0 Å². The van der Waals surface area contributed by atoms with Crippen molar-refractivity contribution in [2.75, 3.05) is 0 Å². The summed E-state index contributed by atoms with van der Waals surface area (Å²) in [5.74, 6) is -1.07. The summed E-state index contributed by atoms with van der Waals surface area (Å²) < 4.78 is 0. The molecule has 13 heavy (non-hydrogen) atoms. The Balaban J connectivity index is 2.37. The number of oxime groups is 1. The predicted molar refractivity (Wildman–Crippen MR) is 48.7 cm³/mol. The van der Waals surface area contributed by atoms with Crippen LogP contribution in [-0.4, -0.2) is 22.9 Å². The summed E-state index contributed by atoms with van der Waals surface area (Å²) in [7, 11) is 0. The highest BCUT2D eigenvalue weighted by atomic mass is 16.6. The molecule has 0 aromatic carbocycles. The molecule has 74 valence electrons. The minimum atomic E-state index is -1.07. The van der Waals surface area contributed by atoms with Gasteiger partial charge >= 0.3 is 5.97 Å². The van der Waals surface area contributed by atoms with Crippen molar-refractivity contribution in [2.24, 2.45) is 5.16 Å². The first-order valence-electron chi connectivity index (χ1n) is 4.57. The molecule has 0 heterocycles. The zero-order valence-corrected chi connectivity index (χ0v) is 7.82. The van der Waals surface area contributed by atoms with Gasteiger partial charge in [-0.1, -0.05) is 11.6 Å². The largest absolute Gasteiger partial charge is 0.477 e. The van der Waals surface area contributed by atoms with Gasteiger partial charge in [0.2, 0.25) is 0 Å². The second-order valence-electron chi connectivity index (χ2n) is 3.67. The van der Waals surface area contributed by atoms with Crippen LogP contribution in [0.2, 0.25) is 0 Å². The Kier molecular flexibility index (Phi) is 3.28. The second-order valence-corrected chi connectivity index (χ2v) is 3.67. The lowest BCUT2D eigenvalue weighted by Crippen LogP contribution is -2.29. The Morgan fingerprint density at radius 1 is 1.46 bits per heavy atom. The molecule has 0 radical (unpaired) electrons. The van der Waals surface area contributed by atoms with Gasteiger partial charge in [0.1, 0.15) is 5.60 Å². The second kappa shape index (κ2) is 4.25. The lowest BCUT2D eigenvalue weighted by Gasteiger charge is -2.30. The first-order chi connectivity index (χ1) is 6.12. The van der Waals surface area contributed by atoms with Gasteiger partial charge < -0.3 is 9.94 Å². The molecule has 4 nitrogen and oxygen atoms in total. The van der Waals surface area contributed by atoms with Crippen molar-refractivity contribution in [2.45, 2.75) is 44.6 Å². The van der Waals surface area contributed by atoms with E-state index in [1.54, 1.807) is 0 Å². The molecule has 0 aromatic heterocycles. The van der Waals surface area contributed by atoms with E-state index in [1.807, 2.05) is 6.92 Å². The van der Waals surface area contributed by atoms with Crippen LogP contribution in [-0.2, 0) is 9.63 Å². The lowest BCUT2D eigenvalue weighted by atomic mass is 9.87. The highest BCUT2D eigenvalue weighted by Crippen LogP contribution is 2.30. The van der Waals surface area contributed by atoms with Crippen LogP contribution in [0.4, 0.5) is 0 Å². The molecule has 0 atom stereocenters. The predicted octanol–water partition coefficient (Wildman–Crippen LogP) is 1.80. The molecule has 1 fully saturated rings. The number of carboxylic acids is 1. The first kappa shape index (κ1) is 10.0. The van der Waals surface area contributed by atoms with E-state index in [-0.39, 0.29) is 5.60 Å². The topological polar surface area (TPSA) is 58.9 Å². The summed E-state index contributed by atoms with van der Waals surface area (Å²) in [4.78, 5) is 15.3. The molecular formula is C9H15NO3. The van der Waals surface area contributed by atoms with Crippen LogP contribution >= 0.6 is 0 Å². The molecule has 0 spiro atoms. The number of hydrogen-bond acceptors (Lipinski definition) is 3. The van der Waals surface area contributed by atoms with Crippen LogP contribution in [0.25, 0.3) is 0 Å². The fraction of sp³-hybridized carbons (Fsp3) is 0.778. The average molecular weight is 185 g/mol. The van der Waals surface area contributed by atoms with Gasteiger partial charge in [0.05, 0.1) is 0 Å². The maximum atomic E-state index is 10.1. The molecule has 0 bridgehead atoms. The van der Waals surface area contributed by atoms with Crippen LogP contribution in [0, 0.1) is 0 Å². The Bertz CT molecular complexity index is 207. The average Bonchev–Trinajstić information content (AvgIpc) is 2.04. The fourth-order valence-electron chi connectivity index (χ4n) is 1.59. The number of hydrogen-bond donors (Lipinski definition) is 1. The highest BCUT2D eigenvalue weighted by Gasteiger charge is 2.28. The van der Waals surface area contributed by atoms with E-state index in [1.165, 1.54) is 6.42 Å². The third-order valence-corrected chi connectivity index (χ3v) is 2.35. The van der Waals surface area contributed by atoms with Crippen LogP contribution < -0.4 is 0 Å². The zero-order valence-electron chi connectivity index (χ0n) is 7.82. The molecule has 1 aliphatic carbocycles. The van der Waals surface area contributed by atoms with Gasteiger partial charge in [-0.05, 0) is 32.6 Å². The van der Waals surface area contributed by atoms with Crippen molar-refractivity contribution < 1.29 is 14.7 Å². The molecule has 0 amide bonds. The molecule has 1 aliphatic rings. The summed E-state index contributed by atoms with van der Waals surface area (Å²) in [5, 5.41) is 11.7. The summed E-state index contributed by atoms with van der Waals surface area (Å²) in [6, 6.07) is 0. The Labute approximate surface area is 77.6 Å². The zero-order chi connectivity index (χ0) is 9.73. The number of aliphatic carboxylic acids is 1. The maximum Gasteiger partial charge on any atom is 0.350 e. The minimum Gasteiger partial charge on any atom is -0.477 e. The van der Waals surface area contributed by atoms with Gasteiger partial charge in [-0.3, -0.25) is 0 Å². The summed E-state index contributed by atoms with van der Waals surface area (Å²) in [5.41, 5.74) is -0.246. The Hall–Kier alpha value is -1.06. The van der Waals surface area contributed by atoms with E-state index >= 15 is 0 Å². The summed E-state index contributed by atoms with van der Waals surface area (Å²) in [6.07, 6.45) is 6.23. The molecule has 0 unspecified atom stereocenters. The van der Waals surface area contributed by atoms with Gasteiger partial charge in [-0.15, -0.1) is 0 Å². The van der Waals surface area contributed by atoms with E-state index in [0.717, 1.165) is 31.9 Å². The van der Waals surface area contributed by atoms with Gasteiger partial charge in [-0.25, -0.2) is 4.79 Å². The Morgan fingerprint density at radius 3 is 2.62 bits per heavy atom. The molecule has 1 saturated carbocycles. The number of carbonyl (C=O) groups is 1. The molecule has 1 N–H and O–H groups in total. The van der Waals surface area contributed by atoms with Crippen LogP contribution in [0.3, 0.4) is 0 Å². The number of rotatable bonds is 3. The van der Waals surface area contributed by atoms with Crippen molar-refractivity contribution in [3.63, 3.8) is 0 Å². The summed E-state index contributed by atoms with van der Waals surface area (Å²) >= 11 is 0. The normalized spacial score (nSPS) is 21.6. The number of carboxylic acid groups (broad SMARTS) is 1. The van der Waals surface area contributed by atoms with Gasteiger partial charge in [0, 0.05) is 0 Å². The van der Waals surface area contributed by atoms with Crippen molar-refractivity contribution >= 4 is 12.2 Å². The SMILES string of the molecule is CC1(O/N=C\C(=O)O)CCCCC1. The van der Waals surface area contributed by atoms with E-state index in [9.17, 15) is 4.79 Å². The Morgan fingerprint density at radius 2 is 2.08 bits per heavy atom. The van der Waals surface area contributed by atoms with Gasteiger partial charge in [0.25, 0.3) is 0 Å². The fourth-order valence-corrected chi connectivity index (χ4v) is 1.59. The van der Waals surface area contributed by atoms with Crippen LogP contribution in [0.15, 0.2) is 5.16 Å². The van der Waals surface area contributed by atoms with Crippen molar-refractivity contribution in [1.82, 2.24) is 0 Å². The molecular weight excluding hydrogens is 170 g/mol. The van der Waals surface area contributed by atoms with E-state index in [4.69, 9.17) is 9.94 Å². The quantitative estimate of drug-likeness (QED) is 0.538. The molecule has 0 aliphatic heterocycles. The smallest absolute Gasteiger partial charge is 0.350 e. The molecule has 0 saturated heterocycles. The molecule has 1 rings (SSSR count). The summed E-state index contributed by atoms with van der Waals surface area (Å²) in [6.45, 7) is 1.98. The van der Waals surface area contributed by atoms with Gasteiger partial charge in [-0.2, -0.15) is 0 Å². The van der Waals surface area contributed by atoms with E-state index in [2.05, 4.69) is 5.16 Å². The molecule has 0 aromatic rings. The monoisotopic (exact) mass is 185 g/mol. The highest BCUT2D eigenvalue weighted by molar-refractivity contribution is 6.21. The minimum absolute atomic E-state index is 0.246. The van der Waals surface area contributed by atoms with Crippen LogP contribution in [0.5, 0.6) is 0 Å². The standard InChI is InChI=1S/C9H15NO3/c1-9(5-3-2-4-6-9)13-10-7-8(11)12/h7H,2-6H2,1H3,(H,11,12)/b10-7-. The van der Waals surface area contributed by atoms with E-state index < -0.39 is 5.97 Å². The molecule has 4 heteroatoms. The van der Waals surface area contributed by atoms with Crippen molar-refractivity contribution in [3.8, 4) is 0 Å². The van der Waals surface area contributed by atoms with Gasteiger partial charge in [0.15, 0.2) is 6.21 Å². The first-order valence-corrected chi connectivity index (χ1v) is 4.57. The van der Waals surface area contributed by atoms with Crippen molar-refractivity contribution in [1.29, 1.82) is 0 Å². The third-order valence-electron chi connectivity index (χ3n) is 2.35. The lowest BCUT2D eigenvalue weighted by molar-refractivity contribution is -0.129. The van der Waals surface area contributed by atoms with Crippen LogP contribution in [0.1, 0.15) is 39.0 Å². The third kappa shape index (κ3) is 3.44. The number of nitrogens with zero attached hydrogens (tertiary/aromatic N) is 1.